The molecule has 1 aromatic rings. The molecule has 1 aromatic heterocycles. The Labute approximate surface area is 102 Å². The van der Waals surface area contributed by atoms with Crippen LogP contribution < -0.4 is 4.74 Å². The highest BCUT2D eigenvalue weighted by atomic mass is 16.7. The van der Waals surface area contributed by atoms with Crippen LogP contribution in [0.15, 0.2) is 18.2 Å². The fraction of sp³-hybridized carbons (Fsp3) is 0.615. The maximum atomic E-state index is 5.56. The maximum Gasteiger partial charge on any atom is 0.213 e. The Morgan fingerprint density at radius 3 is 3.06 bits per heavy atom. The first-order valence-electron chi connectivity index (χ1n) is 6.14. The Morgan fingerprint density at radius 1 is 1.35 bits per heavy atom. The summed E-state index contributed by atoms with van der Waals surface area (Å²) in [6, 6.07) is 5.73. The second-order valence-corrected chi connectivity index (χ2v) is 4.13. The lowest BCUT2D eigenvalue weighted by molar-refractivity contribution is -0.165. The SMILES string of the molecule is Cc1cccc(OCCOC2CCCCO2)n1. The molecule has 1 aliphatic heterocycles. The van der Waals surface area contributed by atoms with Crippen molar-refractivity contribution in [1.29, 1.82) is 0 Å². The van der Waals surface area contributed by atoms with Crippen molar-refractivity contribution in [2.45, 2.75) is 32.5 Å². The van der Waals surface area contributed by atoms with Gasteiger partial charge >= 0.3 is 0 Å². The smallest absolute Gasteiger partial charge is 0.213 e. The van der Waals surface area contributed by atoms with Gasteiger partial charge in [0.2, 0.25) is 5.88 Å². The van der Waals surface area contributed by atoms with E-state index in [4.69, 9.17) is 14.2 Å². The van der Waals surface area contributed by atoms with Crippen molar-refractivity contribution in [3.63, 3.8) is 0 Å². The molecule has 4 nitrogen and oxygen atoms in total. The van der Waals surface area contributed by atoms with Crippen LogP contribution in [-0.4, -0.2) is 31.1 Å². The molecule has 0 aliphatic carbocycles. The Hall–Kier alpha value is -1.13. The number of hydrogen-bond donors (Lipinski definition) is 0. The van der Waals surface area contributed by atoms with Crippen molar-refractivity contribution >= 4 is 0 Å². The number of ether oxygens (including phenoxy) is 3. The molecule has 0 spiro atoms. The molecular formula is C13H19NO3. The highest BCUT2D eigenvalue weighted by molar-refractivity contribution is 5.14. The van der Waals surface area contributed by atoms with Crippen LogP contribution in [0.25, 0.3) is 0 Å². The van der Waals surface area contributed by atoms with Crippen molar-refractivity contribution in [1.82, 2.24) is 4.98 Å². The van der Waals surface area contributed by atoms with E-state index in [0.29, 0.717) is 19.1 Å². The van der Waals surface area contributed by atoms with Crippen molar-refractivity contribution < 1.29 is 14.2 Å². The first kappa shape index (κ1) is 12.3. The van der Waals surface area contributed by atoms with E-state index in [1.165, 1.54) is 6.42 Å². The second-order valence-electron chi connectivity index (χ2n) is 4.13. The Morgan fingerprint density at radius 2 is 2.29 bits per heavy atom. The minimum Gasteiger partial charge on any atom is -0.475 e. The molecular weight excluding hydrogens is 218 g/mol. The summed E-state index contributed by atoms with van der Waals surface area (Å²) in [5.74, 6) is 0.651. The van der Waals surface area contributed by atoms with E-state index >= 15 is 0 Å². The minimum absolute atomic E-state index is 0.0437. The summed E-state index contributed by atoms with van der Waals surface area (Å²) in [4.78, 5) is 4.25. The lowest BCUT2D eigenvalue weighted by atomic mass is 10.2. The number of aromatic nitrogens is 1. The fourth-order valence-electron chi connectivity index (χ4n) is 1.77. The standard InChI is InChI=1S/C13H19NO3/c1-11-5-4-6-12(14-11)15-9-10-17-13-7-2-3-8-16-13/h4-6,13H,2-3,7-10H2,1H3. The van der Waals surface area contributed by atoms with Gasteiger partial charge in [-0.15, -0.1) is 0 Å². The van der Waals surface area contributed by atoms with Gasteiger partial charge in [0, 0.05) is 18.4 Å². The summed E-state index contributed by atoms with van der Waals surface area (Å²) in [5.41, 5.74) is 0.957. The van der Waals surface area contributed by atoms with Crippen LogP contribution >= 0.6 is 0 Å². The van der Waals surface area contributed by atoms with E-state index in [-0.39, 0.29) is 6.29 Å². The summed E-state index contributed by atoms with van der Waals surface area (Å²) in [6.45, 7) is 3.81. The molecule has 0 saturated carbocycles. The molecule has 0 N–H and O–H groups in total. The molecule has 2 heterocycles. The van der Waals surface area contributed by atoms with Gasteiger partial charge in [-0.3, -0.25) is 0 Å². The monoisotopic (exact) mass is 237 g/mol. The molecule has 0 amide bonds. The molecule has 1 saturated heterocycles. The van der Waals surface area contributed by atoms with Gasteiger partial charge in [-0.05, 0) is 32.3 Å². The van der Waals surface area contributed by atoms with Crippen LogP contribution in [0.4, 0.5) is 0 Å². The number of nitrogens with zero attached hydrogens (tertiary/aromatic N) is 1. The molecule has 94 valence electrons. The quantitative estimate of drug-likeness (QED) is 0.737. The van der Waals surface area contributed by atoms with Crippen molar-refractivity contribution in [2.24, 2.45) is 0 Å². The second kappa shape index (κ2) is 6.57. The fourth-order valence-corrected chi connectivity index (χ4v) is 1.77. The average molecular weight is 237 g/mol. The van der Waals surface area contributed by atoms with Crippen LogP contribution in [0.2, 0.25) is 0 Å². The molecule has 4 heteroatoms. The van der Waals surface area contributed by atoms with Gasteiger partial charge in [-0.25, -0.2) is 4.98 Å². The van der Waals surface area contributed by atoms with Gasteiger partial charge in [0.15, 0.2) is 6.29 Å². The molecule has 1 aliphatic rings. The van der Waals surface area contributed by atoms with E-state index < -0.39 is 0 Å². The topological polar surface area (TPSA) is 40.6 Å². The number of hydrogen-bond acceptors (Lipinski definition) is 4. The highest BCUT2D eigenvalue weighted by Gasteiger charge is 2.13. The van der Waals surface area contributed by atoms with Gasteiger partial charge < -0.3 is 14.2 Å². The predicted octanol–water partition coefficient (Wildman–Crippen LogP) is 2.31. The van der Waals surface area contributed by atoms with E-state index in [2.05, 4.69) is 4.98 Å². The summed E-state index contributed by atoms with van der Waals surface area (Å²) in [7, 11) is 0. The van der Waals surface area contributed by atoms with Crippen LogP contribution in [0, 0.1) is 6.92 Å². The minimum atomic E-state index is -0.0437. The summed E-state index contributed by atoms with van der Waals surface area (Å²) < 4.78 is 16.5. The van der Waals surface area contributed by atoms with Gasteiger partial charge in [-0.1, -0.05) is 6.07 Å². The lowest BCUT2D eigenvalue weighted by Crippen LogP contribution is -2.24. The molecule has 0 bridgehead atoms. The maximum absolute atomic E-state index is 5.56. The van der Waals surface area contributed by atoms with Gasteiger partial charge in [-0.2, -0.15) is 0 Å². The Balaban J connectivity index is 1.62. The average Bonchev–Trinajstić information content (AvgIpc) is 2.36. The molecule has 0 aromatic carbocycles. The zero-order valence-electron chi connectivity index (χ0n) is 10.2. The highest BCUT2D eigenvalue weighted by Crippen LogP contribution is 2.13. The van der Waals surface area contributed by atoms with E-state index in [1.807, 2.05) is 25.1 Å². The van der Waals surface area contributed by atoms with E-state index in [1.54, 1.807) is 0 Å². The largest absolute Gasteiger partial charge is 0.475 e. The molecule has 1 unspecified atom stereocenters. The zero-order valence-corrected chi connectivity index (χ0v) is 10.2. The molecule has 2 rings (SSSR count). The van der Waals surface area contributed by atoms with E-state index in [9.17, 15) is 0 Å². The third-order valence-electron chi connectivity index (χ3n) is 2.64. The van der Waals surface area contributed by atoms with Crippen LogP contribution in [0.3, 0.4) is 0 Å². The Bertz CT molecular complexity index is 337. The normalized spacial score (nSPS) is 20.2. The van der Waals surface area contributed by atoms with Crippen molar-refractivity contribution in [3.05, 3.63) is 23.9 Å². The van der Waals surface area contributed by atoms with Crippen LogP contribution in [0.5, 0.6) is 5.88 Å². The van der Waals surface area contributed by atoms with Crippen molar-refractivity contribution in [2.75, 3.05) is 19.8 Å². The Kier molecular flexibility index (Phi) is 4.76. The molecule has 0 radical (unpaired) electrons. The zero-order chi connectivity index (χ0) is 11.9. The third-order valence-corrected chi connectivity index (χ3v) is 2.64. The van der Waals surface area contributed by atoms with Gasteiger partial charge in [0.25, 0.3) is 0 Å². The first-order chi connectivity index (χ1) is 8.34. The number of pyridine rings is 1. The first-order valence-corrected chi connectivity index (χ1v) is 6.14. The van der Waals surface area contributed by atoms with Crippen LogP contribution in [0.1, 0.15) is 25.0 Å². The number of aryl methyl sites for hydroxylation is 1. The predicted molar refractivity (Wildman–Crippen MR) is 64.0 cm³/mol. The lowest BCUT2D eigenvalue weighted by Gasteiger charge is -2.22. The van der Waals surface area contributed by atoms with E-state index in [0.717, 1.165) is 25.1 Å². The molecule has 17 heavy (non-hydrogen) atoms. The summed E-state index contributed by atoms with van der Waals surface area (Å²) in [5, 5.41) is 0. The molecule has 1 fully saturated rings. The summed E-state index contributed by atoms with van der Waals surface area (Å²) >= 11 is 0. The third kappa shape index (κ3) is 4.32. The van der Waals surface area contributed by atoms with Gasteiger partial charge in [0.1, 0.15) is 6.61 Å². The van der Waals surface area contributed by atoms with Crippen molar-refractivity contribution in [3.8, 4) is 5.88 Å². The molecule has 1 atom stereocenters. The summed E-state index contributed by atoms with van der Waals surface area (Å²) in [6.07, 6.45) is 3.27. The number of rotatable bonds is 5. The van der Waals surface area contributed by atoms with Gasteiger partial charge in [0.05, 0.1) is 6.61 Å². The van der Waals surface area contributed by atoms with Crippen LogP contribution in [-0.2, 0) is 9.47 Å².